The Kier molecular flexibility index (Phi) is 5.34. The molecule has 1 saturated heterocycles. The third-order valence-corrected chi connectivity index (χ3v) is 6.79. The van der Waals surface area contributed by atoms with Crippen molar-refractivity contribution in [3.8, 4) is 5.75 Å². The van der Waals surface area contributed by atoms with Gasteiger partial charge in [0, 0.05) is 44.7 Å². The molecule has 0 amide bonds. The Morgan fingerprint density at radius 2 is 1.61 bits per heavy atom. The maximum atomic E-state index is 13.9. The topological polar surface area (TPSA) is 32.8 Å². The van der Waals surface area contributed by atoms with Gasteiger partial charge in [-0.1, -0.05) is 66.7 Å². The molecule has 4 heteroatoms. The molecule has 4 nitrogen and oxygen atoms in total. The number of piperazine rings is 1. The molecule has 0 radical (unpaired) electrons. The summed E-state index contributed by atoms with van der Waals surface area (Å²) in [5.41, 5.74) is 3.71. The van der Waals surface area contributed by atoms with Crippen LogP contribution < -0.4 is 4.74 Å². The molecule has 0 aromatic heterocycles. The van der Waals surface area contributed by atoms with Crippen molar-refractivity contribution in [3.63, 3.8) is 0 Å². The molecule has 2 aliphatic rings. The van der Waals surface area contributed by atoms with Crippen molar-refractivity contribution in [1.29, 1.82) is 0 Å². The number of rotatable bonds is 5. The van der Waals surface area contributed by atoms with Gasteiger partial charge in [0.15, 0.2) is 5.78 Å². The van der Waals surface area contributed by atoms with Crippen LogP contribution in [0, 0.1) is 0 Å². The molecule has 3 aromatic carbocycles. The van der Waals surface area contributed by atoms with Crippen molar-refractivity contribution in [2.45, 2.75) is 18.5 Å². The van der Waals surface area contributed by atoms with Crippen LogP contribution in [0.25, 0.3) is 0 Å². The highest BCUT2D eigenvalue weighted by atomic mass is 16.5. The zero-order valence-electron chi connectivity index (χ0n) is 18.0. The highest BCUT2D eigenvalue weighted by Gasteiger charge is 2.51. The van der Waals surface area contributed by atoms with Gasteiger partial charge in [-0.25, -0.2) is 0 Å². The Morgan fingerprint density at radius 1 is 0.871 bits per heavy atom. The Labute approximate surface area is 184 Å². The van der Waals surface area contributed by atoms with E-state index in [1.807, 2.05) is 36.4 Å². The molecule has 158 valence electrons. The molecular formula is C27H28N2O2. The van der Waals surface area contributed by atoms with Gasteiger partial charge >= 0.3 is 0 Å². The summed E-state index contributed by atoms with van der Waals surface area (Å²) in [7, 11) is 1.68. The maximum Gasteiger partial charge on any atom is 0.188 e. The first kappa shape index (κ1) is 20.0. The summed E-state index contributed by atoms with van der Waals surface area (Å²) in [4.78, 5) is 18.8. The molecule has 5 rings (SSSR count). The first-order valence-corrected chi connectivity index (χ1v) is 11.0. The minimum atomic E-state index is -0.656. The summed E-state index contributed by atoms with van der Waals surface area (Å²) in [5, 5.41) is 0. The van der Waals surface area contributed by atoms with Crippen molar-refractivity contribution < 1.29 is 9.53 Å². The van der Waals surface area contributed by atoms with Gasteiger partial charge in [-0.2, -0.15) is 0 Å². The van der Waals surface area contributed by atoms with Gasteiger partial charge < -0.3 is 4.74 Å². The fourth-order valence-electron chi connectivity index (χ4n) is 5.16. The molecule has 1 aliphatic heterocycles. The monoisotopic (exact) mass is 412 g/mol. The number of hydrogen-bond donors (Lipinski definition) is 0. The number of ether oxygens (including phenoxy) is 1. The molecule has 1 atom stereocenters. The number of hydrogen-bond acceptors (Lipinski definition) is 4. The molecule has 0 N–H and O–H groups in total. The number of carbonyl (C=O) groups is 1. The highest BCUT2D eigenvalue weighted by molar-refractivity contribution is 6.08. The van der Waals surface area contributed by atoms with Crippen LogP contribution in [-0.4, -0.2) is 48.9 Å². The quantitative estimate of drug-likeness (QED) is 0.630. The minimum Gasteiger partial charge on any atom is -0.497 e. The summed E-state index contributed by atoms with van der Waals surface area (Å²) in [6, 6.07) is 26.8. The summed E-state index contributed by atoms with van der Waals surface area (Å²) in [6.45, 7) is 4.58. The normalized spacial score (nSPS) is 21.8. The predicted molar refractivity (Wildman–Crippen MR) is 122 cm³/mol. The van der Waals surface area contributed by atoms with Gasteiger partial charge in [0.2, 0.25) is 0 Å². The number of fused-ring (bicyclic) bond motifs is 1. The van der Waals surface area contributed by atoms with Crippen LogP contribution in [0.4, 0.5) is 0 Å². The molecular weight excluding hydrogens is 384 g/mol. The lowest BCUT2D eigenvalue weighted by Crippen LogP contribution is -2.58. The Balaban J connectivity index is 1.45. The lowest BCUT2D eigenvalue weighted by atomic mass is 9.83. The van der Waals surface area contributed by atoms with E-state index in [4.69, 9.17) is 4.74 Å². The van der Waals surface area contributed by atoms with Crippen LogP contribution in [0.3, 0.4) is 0 Å². The van der Waals surface area contributed by atoms with Crippen LogP contribution in [0.2, 0.25) is 0 Å². The predicted octanol–water partition coefficient (Wildman–Crippen LogP) is 4.15. The zero-order valence-corrected chi connectivity index (χ0v) is 18.0. The largest absolute Gasteiger partial charge is 0.497 e. The van der Waals surface area contributed by atoms with Crippen LogP contribution in [0.1, 0.15) is 27.0 Å². The van der Waals surface area contributed by atoms with Gasteiger partial charge in [-0.15, -0.1) is 0 Å². The van der Waals surface area contributed by atoms with Gasteiger partial charge in [-0.3, -0.25) is 14.6 Å². The van der Waals surface area contributed by atoms with E-state index in [9.17, 15) is 4.79 Å². The highest BCUT2D eigenvalue weighted by Crippen LogP contribution is 2.43. The van der Waals surface area contributed by atoms with Crippen LogP contribution >= 0.6 is 0 Å². The number of Topliss-reactive ketones (excluding diaryl/α,β-unsaturated/α-hetero) is 1. The van der Waals surface area contributed by atoms with Crippen LogP contribution in [-0.2, 0) is 18.5 Å². The van der Waals surface area contributed by atoms with Crippen LogP contribution in [0.15, 0.2) is 78.9 Å². The van der Waals surface area contributed by atoms with E-state index in [-0.39, 0.29) is 5.78 Å². The van der Waals surface area contributed by atoms with Gasteiger partial charge in [-0.05, 0) is 28.8 Å². The number of carbonyl (C=O) groups excluding carboxylic acids is 1. The van der Waals surface area contributed by atoms with E-state index < -0.39 is 5.54 Å². The third kappa shape index (κ3) is 3.56. The summed E-state index contributed by atoms with van der Waals surface area (Å²) >= 11 is 0. The van der Waals surface area contributed by atoms with E-state index in [1.54, 1.807) is 7.11 Å². The van der Waals surface area contributed by atoms with Crippen molar-refractivity contribution in [2.75, 3.05) is 33.3 Å². The number of ketones is 1. The zero-order chi connectivity index (χ0) is 21.3. The molecule has 3 aromatic rings. The molecule has 1 aliphatic carbocycles. The van der Waals surface area contributed by atoms with E-state index in [2.05, 4.69) is 52.3 Å². The molecule has 1 heterocycles. The average Bonchev–Trinajstić information content (AvgIpc) is 3.14. The second-order valence-corrected chi connectivity index (χ2v) is 8.50. The second-order valence-electron chi connectivity index (χ2n) is 8.50. The lowest BCUT2D eigenvalue weighted by Gasteiger charge is -2.45. The smallest absolute Gasteiger partial charge is 0.188 e. The van der Waals surface area contributed by atoms with E-state index in [0.717, 1.165) is 55.2 Å². The minimum absolute atomic E-state index is 0.216. The van der Waals surface area contributed by atoms with Gasteiger partial charge in [0.1, 0.15) is 11.3 Å². The van der Waals surface area contributed by atoms with Crippen molar-refractivity contribution in [1.82, 2.24) is 9.80 Å². The average molecular weight is 413 g/mol. The Morgan fingerprint density at radius 3 is 2.35 bits per heavy atom. The van der Waals surface area contributed by atoms with Crippen LogP contribution in [0.5, 0.6) is 5.75 Å². The second kappa shape index (κ2) is 8.29. The molecule has 0 saturated carbocycles. The molecule has 1 fully saturated rings. The van der Waals surface area contributed by atoms with E-state index >= 15 is 0 Å². The van der Waals surface area contributed by atoms with E-state index in [0.29, 0.717) is 6.42 Å². The van der Waals surface area contributed by atoms with Crippen molar-refractivity contribution in [3.05, 3.63) is 101 Å². The van der Waals surface area contributed by atoms with Crippen molar-refractivity contribution >= 4 is 5.78 Å². The fourth-order valence-corrected chi connectivity index (χ4v) is 5.16. The van der Waals surface area contributed by atoms with Crippen molar-refractivity contribution in [2.24, 2.45) is 0 Å². The Bertz CT molecular complexity index is 1070. The summed E-state index contributed by atoms with van der Waals surface area (Å²) < 4.78 is 5.50. The standard InChI is InChI=1S/C27H28N2O2/c1-31-24-12-7-11-23(18-24)27(19-22-10-5-6-13-25(22)26(27)30)29-16-14-28(15-17-29)20-21-8-3-2-4-9-21/h2-13,18H,14-17,19-20H2,1H3. The summed E-state index contributed by atoms with van der Waals surface area (Å²) in [6.07, 6.45) is 0.716. The molecule has 0 spiro atoms. The Hall–Kier alpha value is -2.95. The van der Waals surface area contributed by atoms with Gasteiger partial charge in [0.25, 0.3) is 0 Å². The number of nitrogens with zero attached hydrogens (tertiary/aromatic N) is 2. The molecule has 1 unspecified atom stereocenters. The molecule has 0 bridgehead atoms. The maximum absolute atomic E-state index is 13.9. The first-order chi connectivity index (χ1) is 15.2. The van der Waals surface area contributed by atoms with E-state index in [1.165, 1.54) is 5.56 Å². The lowest BCUT2D eigenvalue weighted by molar-refractivity contribution is 0.0287. The fraction of sp³-hybridized carbons (Fsp3) is 0.296. The molecule has 31 heavy (non-hydrogen) atoms. The number of methoxy groups -OCH3 is 1. The van der Waals surface area contributed by atoms with Gasteiger partial charge in [0.05, 0.1) is 7.11 Å². The third-order valence-electron chi connectivity index (χ3n) is 6.79. The summed E-state index contributed by atoms with van der Waals surface area (Å²) in [5.74, 6) is 1.01. The number of benzene rings is 3. The SMILES string of the molecule is COc1cccc(C2(N3CCN(Cc4ccccc4)CC3)Cc3ccccc3C2=O)c1. The first-order valence-electron chi connectivity index (χ1n) is 11.0.